The molecule has 33 heavy (non-hydrogen) atoms. The average molecular weight is 462 g/mol. The first-order valence-corrected chi connectivity index (χ1v) is 10.8. The van der Waals surface area contributed by atoms with Crippen molar-refractivity contribution >= 4 is 36.0 Å². The molecule has 3 rings (SSSR count). The molecule has 1 saturated heterocycles. The molecular formula is C22H29BF2N4O4. The Bertz CT molecular complexity index is 973. The van der Waals surface area contributed by atoms with Crippen LogP contribution >= 0.6 is 0 Å². The van der Waals surface area contributed by atoms with E-state index in [1.807, 2.05) is 13.8 Å². The first kappa shape index (κ1) is 24.8. The largest absolute Gasteiger partial charge is 0.495 e. The third-order valence-corrected chi connectivity index (χ3v) is 5.20. The van der Waals surface area contributed by atoms with Gasteiger partial charge in [-0.1, -0.05) is 6.07 Å². The number of alkyl halides is 2. The molecule has 0 bridgehead atoms. The van der Waals surface area contributed by atoms with Crippen LogP contribution in [0.3, 0.4) is 0 Å². The lowest BCUT2D eigenvalue weighted by molar-refractivity contribution is 0.0601. The Hall–Kier alpha value is -2.79. The highest BCUT2D eigenvalue weighted by Gasteiger charge is 2.40. The highest BCUT2D eigenvalue weighted by molar-refractivity contribution is 6.63. The minimum absolute atomic E-state index is 0.183. The van der Waals surface area contributed by atoms with E-state index >= 15 is 0 Å². The lowest BCUT2D eigenvalue weighted by Gasteiger charge is -2.19. The van der Waals surface area contributed by atoms with E-state index in [1.54, 1.807) is 31.3 Å². The summed E-state index contributed by atoms with van der Waals surface area (Å²) in [5.74, 6) is 0.220. The Kier molecular flexibility index (Phi) is 8.20. The number of benzene rings is 1. The molecule has 0 amide bonds. The molecule has 0 atom stereocenters. The number of hydrogen-bond donors (Lipinski definition) is 2. The molecule has 2 N–H and O–H groups in total. The van der Waals surface area contributed by atoms with Crippen LogP contribution < -0.4 is 16.1 Å². The van der Waals surface area contributed by atoms with Gasteiger partial charge in [0.2, 0.25) is 5.95 Å². The lowest BCUT2D eigenvalue weighted by Crippen LogP contribution is -2.38. The fourth-order valence-corrected chi connectivity index (χ4v) is 3.44. The van der Waals surface area contributed by atoms with Crippen molar-refractivity contribution in [2.45, 2.75) is 45.3 Å². The van der Waals surface area contributed by atoms with Gasteiger partial charge in [0.1, 0.15) is 5.82 Å². The van der Waals surface area contributed by atoms with Crippen molar-refractivity contribution < 1.29 is 27.6 Å². The summed E-state index contributed by atoms with van der Waals surface area (Å²) in [5.41, 5.74) is 1.69. The number of esters is 1. The Labute approximate surface area is 192 Å². The number of halogens is 2. The normalized spacial score (nSPS) is 15.1. The number of ether oxygens (including phenoxy) is 1. The van der Waals surface area contributed by atoms with Crippen molar-refractivity contribution in [2.24, 2.45) is 0 Å². The Morgan fingerprint density at radius 3 is 2.64 bits per heavy atom. The second-order valence-electron chi connectivity index (χ2n) is 8.46. The van der Waals surface area contributed by atoms with Gasteiger partial charge < -0.3 is 24.7 Å². The molecule has 0 spiro atoms. The number of carbonyl (C=O) groups is 1. The van der Waals surface area contributed by atoms with Gasteiger partial charge in [-0.3, -0.25) is 8.78 Å². The zero-order chi connectivity index (χ0) is 24.0. The number of hydrogen-bond acceptors (Lipinski definition) is 8. The second-order valence-corrected chi connectivity index (χ2v) is 8.46. The third-order valence-electron chi connectivity index (χ3n) is 5.20. The van der Waals surface area contributed by atoms with Crippen LogP contribution in [0.4, 0.5) is 26.2 Å². The fourth-order valence-electron chi connectivity index (χ4n) is 3.44. The van der Waals surface area contributed by atoms with Crippen molar-refractivity contribution in [1.29, 1.82) is 0 Å². The number of methoxy groups -OCH3 is 1. The van der Waals surface area contributed by atoms with Crippen LogP contribution in [0.2, 0.25) is 0 Å². The number of rotatable bonds is 10. The van der Waals surface area contributed by atoms with E-state index in [1.165, 1.54) is 7.11 Å². The van der Waals surface area contributed by atoms with Gasteiger partial charge in [0.05, 0.1) is 38.2 Å². The summed E-state index contributed by atoms with van der Waals surface area (Å²) in [5, 5.41) is 6.15. The summed E-state index contributed by atoms with van der Waals surface area (Å²) < 4.78 is 42.1. The maximum absolute atomic E-state index is 12.8. The molecule has 1 aromatic heterocycles. The van der Waals surface area contributed by atoms with E-state index < -0.39 is 32.0 Å². The van der Waals surface area contributed by atoms with Gasteiger partial charge in [-0.25, -0.2) is 9.78 Å². The van der Waals surface area contributed by atoms with Crippen LogP contribution in [0.15, 0.2) is 24.4 Å². The van der Waals surface area contributed by atoms with Gasteiger partial charge in [-0.05, 0) is 51.2 Å². The molecule has 2 heterocycles. The molecule has 1 aromatic carbocycles. The molecule has 1 fully saturated rings. The number of aryl methyl sites for hydroxylation is 1. The molecule has 0 unspecified atom stereocenters. The molecule has 11 heteroatoms. The standard InChI is InChI=1S/C22H29BF2N4O4/c1-14-12-26-21(29-19(14)27-15(7-9-24)8-10-25)28-16-5-6-18(17(11-16)20(30)31-4)23-32-13-22(2,3)33-23/h5-6,11-12,15H,7-10,13H2,1-4H3,(H2,26,27,28,29). The number of nitrogens with one attached hydrogen (secondary N) is 2. The predicted octanol–water partition coefficient (Wildman–Crippen LogP) is 3.34. The van der Waals surface area contributed by atoms with Crippen LogP contribution in [-0.4, -0.2) is 61.8 Å². The smallest absolute Gasteiger partial charge is 0.465 e. The van der Waals surface area contributed by atoms with Gasteiger partial charge in [0.15, 0.2) is 0 Å². The van der Waals surface area contributed by atoms with Crippen molar-refractivity contribution in [3.05, 3.63) is 35.5 Å². The van der Waals surface area contributed by atoms with Crippen LogP contribution in [0.25, 0.3) is 0 Å². The van der Waals surface area contributed by atoms with Gasteiger partial charge >= 0.3 is 13.1 Å². The quantitative estimate of drug-likeness (QED) is 0.410. The van der Waals surface area contributed by atoms with Crippen molar-refractivity contribution in [3.63, 3.8) is 0 Å². The summed E-state index contributed by atoms with van der Waals surface area (Å²) in [7, 11) is 0.622. The summed E-state index contributed by atoms with van der Waals surface area (Å²) in [6.07, 6.45) is 1.97. The highest BCUT2D eigenvalue weighted by Crippen LogP contribution is 2.23. The first-order valence-electron chi connectivity index (χ1n) is 10.8. The van der Waals surface area contributed by atoms with Gasteiger partial charge in [-0.15, -0.1) is 0 Å². The van der Waals surface area contributed by atoms with Gasteiger partial charge in [-0.2, -0.15) is 4.98 Å². The maximum atomic E-state index is 12.8. The Morgan fingerprint density at radius 2 is 2.03 bits per heavy atom. The number of carbonyl (C=O) groups excluding carboxylic acids is 1. The molecule has 0 saturated carbocycles. The summed E-state index contributed by atoms with van der Waals surface area (Å²) >= 11 is 0. The summed E-state index contributed by atoms with van der Waals surface area (Å²) in [6, 6.07) is 4.73. The number of nitrogens with zero attached hydrogens (tertiary/aromatic N) is 2. The summed E-state index contributed by atoms with van der Waals surface area (Å²) in [6.45, 7) is 4.92. The minimum Gasteiger partial charge on any atom is -0.465 e. The minimum atomic E-state index is -0.683. The first-order chi connectivity index (χ1) is 15.8. The predicted molar refractivity (Wildman–Crippen MR) is 123 cm³/mol. The number of anilines is 3. The molecular weight excluding hydrogens is 433 g/mol. The molecule has 0 radical (unpaired) electrons. The SMILES string of the molecule is COC(=O)c1cc(Nc2ncc(C)c(NC(CCF)CCF)n2)ccc1B1OCC(C)(C)O1. The van der Waals surface area contributed by atoms with E-state index in [4.69, 9.17) is 14.0 Å². The Morgan fingerprint density at radius 1 is 1.30 bits per heavy atom. The van der Waals surface area contributed by atoms with E-state index in [0.29, 0.717) is 29.1 Å². The summed E-state index contributed by atoms with van der Waals surface area (Å²) in [4.78, 5) is 21.1. The highest BCUT2D eigenvalue weighted by atomic mass is 19.1. The molecule has 1 aliphatic rings. The van der Waals surface area contributed by atoms with E-state index in [9.17, 15) is 13.6 Å². The van der Waals surface area contributed by atoms with Gasteiger partial charge in [0.25, 0.3) is 0 Å². The zero-order valence-electron chi connectivity index (χ0n) is 19.3. The molecule has 8 nitrogen and oxygen atoms in total. The fraction of sp³-hybridized carbons (Fsp3) is 0.500. The topological polar surface area (TPSA) is 94.6 Å². The monoisotopic (exact) mass is 462 g/mol. The number of aromatic nitrogens is 2. The Balaban J connectivity index is 1.83. The van der Waals surface area contributed by atoms with Gasteiger partial charge in [0, 0.05) is 23.5 Å². The van der Waals surface area contributed by atoms with Crippen LogP contribution in [0.1, 0.15) is 42.6 Å². The van der Waals surface area contributed by atoms with Crippen LogP contribution in [-0.2, 0) is 14.0 Å². The maximum Gasteiger partial charge on any atom is 0.495 e. The molecule has 178 valence electrons. The van der Waals surface area contributed by atoms with E-state index in [2.05, 4.69) is 20.6 Å². The molecule has 2 aromatic rings. The second kappa shape index (κ2) is 10.9. The van der Waals surface area contributed by atoms with Crippen LogP contribution in [0, 0.1) is 6.92 Å². The van der Waals surface area contributed by atoms with E-state index in [0.717, 1.165) is 5.56 Å². The zero-order valence-corrected chi connectivity index (χ0v) is 19.3. The van der Waals surface area contributed by atoms with Crippen molar-refractivity contribution in [1.82, 2.24) is 9.97 Å². The molecule has 0 aliphatic carbocycles. The average Bonchev–Trinajstić information content (AvgIpc) is 3.15. The van der Waals surface area contributed by atoms with Crippen molar-refractivity contribution in [3.8, 4) is 0 Å². The van der Waals surface area contributed by atoms with E-state index in [-0.39, 0.29) is 24.8 Å². The molecule has 1 aliphatic heterocycles. The third kappa shape index (κ3) is 6.38. The van der Waals surface area contributed by atoms with Crippen LogP contribution in [0.5, 0.6) is 0 Å². The lowest BCUT2D eigenvalue weighted by atomic mass is 9.76. The van der Waals surface area contributed by atoms with Crippen molar-refractivity contribution in [2.75, 3.05) is 37.7 Å².